The predicted octanol–water partition coefficient (Wildman–Crippen LogP) is 3.53. The number of hydrogen-bond acceptors (Lipinski definition) is 2. The van der Waals surface area contributed by atoms with E-state index in [1.807, 2.05) is 37.6 Å². The predicted molar refractivity (Wildman–Crippen MR) is 77.9 cm³/mol. The van der Waals surface area contributed by atoms with Crippen molar-refractivity contribution < 1.29 is 0 Å². The SMILES string of the molecule is CCNC(c1cnn(C)c1)c1cccc(Br)c1Cl. The van der Waals surface area contributed by atoms with E-state index in [0.717, 1.165) is 27.2 Å². The van der Waals surface area contributed by atoms with E-state index >= 15 is 0 Å². The fraction of sp³-hybridized carbons (Fsp3) is 0.308. The van der Waals surface area contributed by atoms with Crippen LogP contribution in [0.25, 0.3) is 0 Å². The molecule has 1 aromatic carbocycles. The summed E-state index contributed by atoms with van der Waals surface area (Å²) in [5, 5.41) is 8.40. The third kappa shape index (κ3) is 2.76. The topological polar surface area (TPSA) is 29.9 Å². The molecule has 2 aromatic rings. The molecule has 0 spiro atoms. The highest BCUT2D eigenvalue weighted by molar-refractivity contribution is 9.10. The van der Waals surface area contributed by atoms with E-state index in [-0.39, 0.29) is 6.04 Å². The molecule has 5 heteroatoms. The minimum absolute atomic E-state index is 0.0636. The van der Waals surface area contributed by atoms with Crippen LogP contribution in [0, 0.1) is 0 Å². The second-order valence-electron chi connectivity index (χ2n) is 4.08. The number of halogens is 2. The Hall–Kier alpha value is -0.840. The maximum atomic E-state index is 6.37. The summed E-state index contributed by atoms with van der Waals surface area (Å²) in [5.41, 5.74) is 2.17. The molecule has 1 atom stereocenters. The highest BCUT2D eigenvalue weighted by Crippen LogP contribution is 2.33. The molecule has 1 unspecified atom stereocenters. The molecule has 0 saturated carbocycles. The van der Waals surface area contributed by atoms with Gasteiger partial charge in [0.2, 0.25) is 0 Å². The minimum Gasteiger partial charge on any atom is -0.306 e. The first-order chi connectivity index (χ1) is 8.63. The first kappa shape index (κ1) is 13.6. The molecule has 0 aliphatic heterocycles. The lowest BCUT2D eigenvalue weighted by Gasteiger charge is -2.18. The van der Waals surface area contributed by atoms with Crippen LogP contribution in [-0.2, 0) is 7.05 Å². The second-order valence-corrected chi connectivity index (χ2v) is 5.31. The van der Waals surface area contributed by atoms with Crippen LogP contribution < -0.4 is 5.32 Å². The largest absolute Gasteiger partial charge is 0.306 e. The van der Waals surface area contributed by atoms with E-state index in [1.165, 1.54) is 0 Å². The average molecular weight is 329 g/mol. The Balaban J connectivity index is 2.44. The molecule has 0 amide bonds. The van der Waals surface area contributed by atoms with Gasteiger partial charge in [-0.1, -0.05) is 30.7 Å². The lowest BCUT2D eigenvalue weighted by Crippen LogP contribution is -2.22. The molecular formula is C13H15BrClN3. The molecule has 0 aliphatic carbocycles. The number of rotatable bonds is 4. The van der Waals surface area contributed by atoms with Crippen LogP contribution in [0.2, 0.25) is 5.02 Å². The van der Waals surface area contributed by atoms with Gasteiger partial charge in [-0.25, -0.2) is 0 Å². The molecule has 18 heavy (non-hydrogen) atoms. The molecule has 0 aliphatic rings. The smallest absolute Gasteiger partial charge is 0.0622 e. The van der Waals surface area contributed by atoms with E-state index in [1.54, 1.807) is 4.68 Å². The minimum atomic E-state index is 0.0636. The zero-order chi connectivity index (χ0) is 13.1. The molecule has 1 heterocycles. The normalized spacial score (nSPS) is 12.7. The number of nitrogens with zero attached hydrogens (tertiary/aromatic N) is 2. The van der Waals surface area contributed by atoms with Crippen molar-refractivity contribution in [2.24, 2.45) is 7.05 Å². The molecule has 3 nitrogen and oxygen atoms in total. The van der Waals surface area contributed by atoms with Gasteiger partial charge >= 0.3 is 0 Å². The second kappa shape index (κ2) is 5.87. The summed E-state index contributed by atoms with van der Waals surface area (Å²) in [6.07, 6.45) is 3.87. The molecule has 1 aromatic heterocycles. The summed E-state index contributed by atoms with van der Waals surface area (Å²) >= 11 is 9.83. The van der Waals surface area contributed by atoms with Crippen LogP contribution in [-0.4, -0.2) is 16.3 Å². The van der Waals surface area contributed by atoms with E-state index in [2.05, 4.69) is 33.3 Å². The van der Waals surface area contributed by atoms with Gasteiger partial charge in [0.1, 0.15) is 0 Å². The first-order valence-corrected chi connectivity index (χ1v) is 6.96. The molecular weight excluding hydrogens is 314 g/mol. The molecule has 1 N–H and O–H groups in total. The van der Waals surface area contributed by atoms with Gasteiger partial charge in [-0.15, -0.1) is 0 Å². The van der Waals surface area contributed by atoms with E-state index < -0.39 is 0 Å². The summed E-state index contributed by atoms with van der Waals surface area (Å²) < 4.78 is 2.71. The fourth-order valence-corrected chi connectivity index (χ4v) is 2.56. The van der Waals surface area contributed by atoms with Crippen molar-refractivity contribution in [2.75, 3.05) is 6.54 Å². The molecule has 2 rings (SSSR count). The number of nitrogens with one attached hydrogen (secondary N) is 1. The third-order valence-corrected chi connectivity index (χ3v) is 4.07. The summed E-state index contributed by atoms with van der Waals surface area (Å²) in [6, 6.07) is 6.03. The van der Waals surface area contributed by atoms with Crippen molar-refractivity contribution in [1.29, 1.82) is 0 Å². The van der Waals surface area contributed by atoms with Gasteiger partial charge < -0.3 is 5.32 Å². The van der Waals surface area contributed by atoms with E-state index in [9.17, 15) is 0 Å². The summed E-state index contributed by atoms with van der Waals surface area (Å²) in [4.78, 5) is 0. The average Bonchev–Trinajstić information content (AvgIpc) is 2.77. The van der Waals surface area contributed by atoms with Crippen molar-refractivity contribution in [3.8, 4) is 0 Å². The van der Waals surface area contributed by atoms with Crippen LogP contribution >= 0.6 is 27.5 Å². The monoisotopic (exact) mass is 327 g/mol. The van der Waals surface area contributed by atoms with Gasteiger partial charge in [-0.2, -0.15) is 5.10 Å². The van der Waals surface area contributed by atoms with Crippen molar-refractivity contribution in [1.82, 2.24) is 15.1 Å². The van der Waals surface area contributed by atoms with Crippen molar-refractivity contribution in [3.05, 3.63) is 51.2 Å². The summed E-state index contributed by atoms with van der Waals surface area (Å²) in [5.74, 6) is 0. The van der Waals surface area contributed by atoms with Crippen molar-refractivity contribution in [2.45, 2.75) is 13.0 Å². The molecule has 0 bridgehead atoms. The van der Waals surface area contributed by atoms with Gasteiger partial charge in [0, 0.05) is 23.3 Å². The Morgan fingerprint density at radius 3 is 2.89 bits per heavy atom. The van der Waals surface area contributed by atoms with Gasteiger partial charge in [-0.3, -0.25) is 4.68 Å². The first-order valence-electron chi connectivity index (χ1n) is 5.79. The Bertz CT molecular complexity index is 539. The van der Waals surface area contributed by atoms with Gasteiger partial charge in [-0.05, 0) is 34.1 Å². The van der Waals surface area contributed by atoms with Crippen LogP contribution in [0.4, 0.5) is 0 Å². The van der Waals surface area contributed by atoms with E-state index in [0.29, 0.717) is 0 Å². The van der Waals surface area contributed by atoms with Crippen LogP contribution in [0.1, 0.15) is 24.1 Å². The van der Waals surface area contributed by atoms with Crippen LogP contribution in [0.5, 0.6) is 0 Å². The summed E-state index contributed by atoms with van der Waals surface area (Å²) in [7, 11) is 1.91. The zero-order valence-electron chi connectivity index (χ0n) is 10.3. The number of aromatic nitrogens is 2. The Kier molecular flexibility index (Phi) is 4.43. The van der Waals surface area contributed by atoms with Gasteiger partial charge in [0.05, 0.1) is 17.3 Å². The van der Waals surface area contributed by atoms with Gasteiger partial charge in [0.15, 0.2) is 0 Å². The Morgan fingerprint density at radius 2 is 2.28 bits per heavy atom. The Labute approximate surface area is 120 Å². The lowest BCUT2D eigenvalue weighted by atomic mass is 10.0. The third-order valence-electron chi connectivity index (χ3n) is 2.76. The zero-order valence-corrected chi connectivity index (χ0v) is 12.7. The summed E-state index contributed by atoms with van der Waals surface area (Å²) in [6.45, 7) is 2.94. The van der Waals surface area contributed by atoms with E-state index in [4.69, 9.17) is 11.6 Å². The fourth-order valence-electron chi connectivity index (χ4n) is 1.94. The number of benzene rings is 1. The molecule has 0 saturated heterocycles. The quantitative estimate of drug-likeness (QED) is 0.930. The van der Waals surface area contributed by atoms with Crippen LogP contribution in [0.15, 0.2) is 35.1 Å². The van der Waals surface area contributed by atoms with Crippen molar-refractivity contribution in [3.63, 3.8) is 0 Å². The maximum Gasteiger partial charge on any atom is 0.0622 e. The Morgan fingerprint density at radius 1 is 1.50 bits per heavy atom. The standard InChI is InChI=1S/C13H15BrClN3/c1-3-16-13(9-7-17-18(2)8-9)10-5-4-6-11(14)12(10)15/h4-8,13,16H,3H2,1-2H3. The van der Waals surface area contributed by atoms with Crippen LogP contribution in [0.3, 0.4) is 0 Å². The molecule has 96 valence electrons. The number of hydrogen-bond donors (Lipinski definition) is 1. The molecule has 0 radical (unpaired) electrons. The highest BCUT2D eigenvalue weighted by atomic mass is 79.9. The molecule has 0 fully saturated rings. The maximum absolute atomic E-state index is 6.37. The lowest BCUT2D eigenvalue weighted by molar-refractivity contribution is 0.629. The number of aryl methyl sites for hydroxylation is 1. The highest BCUT2D eigenvalue weighted by Gasteiger charge is 2.18. The van der Waals surface area contributed by atoms with Gasteiger partial charge in [0.25, 0.3) is 0 Å². The van der Waals surface area contributed by atoms with Crippen molar-refractivity contribution >= 4 is 27.5 Å².